The third-order valence-electron chi connectivity index (χ3n) is 7.39. The second kappa shape index (κ2) is 8.55. The van der Waals surface area contributed by atoms with E-state index >= 15 is 0 Å². The highest BCUT2D eigenvalue weighted by atomic mass is 16.3. The van der Waals surface area contributed by atoms with Gasteiger partial charge in [-0.3, -0.25) is 9.48 Å². The fourth-order valence-electron chi connectivity index (χ4n) is 5.70. The van der Waals surface area contributed by atoms with Crippen LogP contribution in [0.5, 0.6) is 0 Å². The number of benzene rings is 2. The average molecular weight is 430 g/mol. The number of likely N-dealkylation sites (tertiary alicyclic amines) is 1. The third-order valence-corrected chi connectivity index (χ3v) is 7.39. The monoisotopic (exact) mass is 429 g/mol. The molecular weight excluding hydrogens is 398 g/mol. The van der Waals surface area contributed by atoms with E-state index < -0.39 is 5.60 Å². The second-order valence-electron chi connectivity index (χ2n) is 9.31. The topological polar surface area (TPSA) is 58.4 Å². The predicted molar refractivity (Wildman–Crippen MR) is 124 cm³/mol. The molecule has 2 aliphatic rings. The van der Waals surface area contributed by atoms with Gasteiger partial charge in [0, 0.05) is 24.2 Å². The Hall–Kier alpha value is -2.92. The summed E-state index contributed by atoms with van der Waals surface area (Å²) in [5.41, 5.74) is 2.76. The minimum atomic E-state index is -0.869. The SMILES string of the molecule is Cc1cc(C(=O)N2CC[C@@](O)(c3ccccc3)[C@@H]3CCCC[C@@H]32)nn1Cc1ccccc1. The van der Waals surface area contributed by atoms with Gasteiger partial charge in [-0.15, -0.1) is 0 Å². The van der Waals surface area contributed by atoms with E-state index in [9.17, 15) is 9.90 Å². The maximum Gasteiger partial charge on any atom is 0.274 e. The molecule has 1 aromatic heterocycles. The van der Waals surface area contributed by atoms with Crippen molar-refractivity contribution in [1.82, 2.24) is 14.7 Å². The molecule has 1 saturated heterocycles. The third kappa shape index (κ3) is 3.75. The van der Waals surface area contributed by atoms with E-state index in [-0.39, 0.29) is 17.9 Å². The number of hydrogen-bond acceptors (Lipinski definition) is 3. The largest absolute Gasteiger partial charge is 0.385 e. The minimum Gasteiger partial charge on any atom is -0.385 e. The molecule has 2 heterocycles. The number of piperidine rings is 1. The smallest absolute Gasteiger partial charge is 0.274 e. The molecule has 2 aromatic carbocycles. The summed E-state index contributed by atoms with van der Waals surface area (Å²) >= 11 is 0. The van der Waals surface area contributed by atoms with Crippen molar-refractivity contribution in [3.63, 3.8) is 0 Å². The number of fused-ring (bicyclic) bond motifs is 1. The molecule has 0 unspecified atom stereocenters. The van der Waals surface area contributed by atoms with Gasteiger partial charge >= 0.3 is 0 Å². The molecule has 1 N–H and O–H groups in total. The summed E-state index contributed by atoms with van der Waals surface area (Å²) in [5.74, 6) is 0.0516. The molecule has 1 saturated carbocycles. The molecule has 5 rings (SSSR count). The Morgan fingerprint density at radius 2 is 1.75 bits per heavy atom. The first kappa shape index (κ1) is 21.0. The van der Waals surface area contributed by atoms with Gasteiger partial charge in [-0.2, -0.15) is 5.10 Å². The highest BCUT2D eigenvalue weighted by Gasteiger charge is 2.50. The summed E-state index contributed by atoms with van der Waals surface area (Å²) in [6, 6.07) is 22.2. The molecule has 32 heavy (non-hydrogen) atoms. The van der Waals surface area contributed by atoms with Gasteiger partial charge in [0.25, 0.3) is 5.91 Å². The highest BCUT2D eigenvalue weighted by molar-refractivity contribution is 5.92. The lowest BCUT2D eigenvalue weighted by molar-refractivity contribution is -0.110. The van der Waals surface area contributed by atoms with Crippen LogP contribution in [0.2, 0.25) is 0 Å². The van der Waals surface area contributed by atoms with Crippen molar-refractivity contribution in [1.29, 1.82) is 0 Å². The molecule has 1 aliphatic carbocycles. The van der Waals surface area contributed by atoms with Crippen LogP contribution in [0, 0.1) is 12.8 Å². The van der Waals surface area contributed by atoms with Gasteiger partial charge in [0.15, 0.2) is 5.69 Å². The van der Waals surface area contributed by atoms with Crippen LogP contribution in [0.15, 0.2) is 66.7 Å². The normalized spacial score (nSPS) is 25.4. The number of aryl methyl sites for hydroxylation is 1. The van der Waals surface area contributed by atoms with Crippen LogP contribution < -0.4 is 0 Å². The number of carbonyl (C=O) groups is 1. The zero-order chi connectivity index (χ0) is 22.1. The first-order valence-electron chi connectivity index (χ1n) is 11.7. The van der Waals surface area contributed by atoms with Crippen LogP contribution >= 0.6 is 0 Å². The number of hydrogen-bond donors (Lipinski definition) is 1. The Morgan fingerprint density at radius 1 is 1.06 bits per heavy atom. The van der Waals surface area contributed by atoms with Gasteiger partial charge in [-0.05, 0) is 43.4 Å². The number of aliphatic hydroxyl groups is 1. The minimum absolute atomic E-state index is 0.00748. The molecule has 0 spiro atoms. The van der Waals surface area contributed by atoms with Crippen molar-refractivity contribution in [2.45, 2.75) is 57.2 Å². The Morgan fingerprint density at radius 3 is 2.50 bits per heavy atom. The number of aromatic nitrogens is 2. The molecule has 0 radical (unpaired) electrons. The highest BCUT2D eigenvalue weighted by Crippen LogP contribution is 2.47. The van der Waals surface area contributed by atoms with Crippen LogP contribution in [0.1, 0.15) is 59.4 Å². The number of amides is 1. The molecule has 3 atom stereocenters. The molecule has 5 nitrogen and oxygen atoms in total. The van der Waals surface area contributed by atoms with Gasteiger partial charge in [0.05, 0.1) is 12.1 Å². The molecule has 166 valence electrons. The van der Waals surface area contributed by atoms with Crippen molar-refractivity contribution in [3.05, 3.63) is 89.2 Å². The molecular formula is C27H31N3O2. The van der Waals surface area contributed by atoms with Gasteiger partial charge in [0.1, 0.15) is 0 Å². The standard InChI is InChI=1S/C27H31N3O2/c1-20-18-24(28-30(20)19-21-10-4-2-5-11-21)26(31)29-17-16-27(32,22-12-6-3-7-13-22)23-14-8-9-15-25(23)29/h2-7,10-13,18,23,25,32H,8-9,14-17,19H2,1H3/t23-,25+,27-/m1/s1. The Kier molecular flexibility index (Phi) is 5.60. The van der Waals surface area contributed by atoms with E-state index in [4.69, 9.17) is 0 Å². The van der Waals surface area contributed by atoms with Crippen molar-refractivity contribution >= 4 is 5.91 Å². The zero-order valence-electron chi connectivity index (χ0n) is 18.7. The first-order valence-corrected chi connectivity index (χ1v) is 11.7. The second-order valence-corrected chi connectivity index (χ2v) is 9.31. The average Bonchev–Trinajstić information content (AvgIpc) is 3.20. The summed E-state index contributed by atoms with van der Waals surface area (Å²) in [6.45, 7) is 3.20. The molecule has 3 aromatic rings. The fraction of sp³-hybridized carbons (Fsp3) is 0.407. The first-order chi connectivity index (χ1) is 15.6. The van der Waals surface area contributed by atoms with Crippen LogP contribution in [0.4, 0.5) is 0 Å². The van der Waals surface area contributed by atoms with Crippen LogP contribution in [0.25, 0.3) is 0 Å². The summed E-state index contributed by atoms with van der Waals surface area (Å²) in [4.78, 5) is 15.6. The summed E-state index contributed by atoms with van der Waals surface area (Å²) in [6.07, 6.45) is 4.64. The van der Waals surface area contributed by atoms with E-state index in [1.807, 2.05) is 71.1 Å². The zero-order valence-corrected chi connectivity index (χ0v) is 18.7. The summed E-state index contributed by atoms with van der Waals surface area (Å²) in [5, 5.41) is 16.4. The van der Waals surface area contributed by atoms with Crippen LogP contribution in [-0.2, 0) is 12.1 Å². The van der Waals surface area contributed by atoms with Crippen molar-refractivity contribution < 1.29 is 9.90 Å². The van der Waals surface area contributed by atoms with E-state index in [0.29, 0.717) is 25.2 Å². The van der Waals surface area contributed by atoms with E-state index in [2.05, 4.69) is 17.2 Å². The van der Waals surface area contributed by atoms with Crippen molar-refractivity contribution in [2.24, 2.45) is 5.92 Å². The number of nitrogens with zero attached hydrogens (tertiary/aromatic N) is 3. The Labute approximate surface area is 189 Å². The van der Waals surface area contributed by atoms with E-state index in [1.54, 1.807) is 0 Å². The van der Waals surface area contributed by atoms with E-state index in [1.165, 1.54) is 0 Å². The number of rotatable bonds is 4. The van der Waals surface area contributed by atoms with Gasteiger partial charge < -0.3 is 10.0 Å². The summed E-state index contributed by atoms with van der Waals surface area (Å²) < 4.78 is 1.91. The van der Waals surface area contributed by atoms with Gasteiger partial charge in [-0.1, -0.05) is 73.5 Å². The lowest BCUT2D eigenvalue weighted by Crippen LogP contribution is -2.59. The van der Waals surface area contributed by atoms with Crippen molar-refractivity contribution in [3.8, 4) is 0 Å². The summed E-state index contributed by atoms with van der Waals surface area (Å²) in [7, 11) is 0. The molecule has 2 fully saturated rings. The molecule has 1 amide bonds. The Bertz CT molecular complexity index is 1080. The molecule has 1 aliphatic heterocycles. The van der Waals surface area contributed by atoms with Crippen LogP contribution in [0.3, 0.4) is 0 Å². The van der Waals surface area contributed by atoms with Crippen LogP contribution in [-0.4, -0.2) is 38.3 Å². The quantitative estimate of drug-likeness (QED) is 0.663. The number of carbonyl (C=O) groups excluding carboxylic acids is 1. The predicted octanol–water partition coefficient (Wildman–Crippen LogP) is 4.53. The maximum absolute atomic E-state index is 13.6. The lowest BCUT2D eigenvalue weighted by atomic mass is 9.66. The lowest BCUT2D eigenvalue weighted by Gasteiger charge is -2.52. The molecule has 5 heteroatoms. The van der Waals surface area contributed by atoms with Gasteiger partial charge in [-0.25, -0.2) is 0 Å². The van der Waals surface area contributed by atoms with E-state index in [0.717, 1.165) is 42.5 Å². The molecule has 0 bridgehead atoms. The van der Waals surface area contributed by atoms with Gasteiger partial charge in [0.2, 0.25) is 0 Å². The Balaban J connectivity index is 1.40. The fourth-order valence-corrected chi connectivity index (χ4v) is 5.70. The maximum atomic E-state index is 13.6. The van der Waals surface area contributed by atoms with Crippen molar-refractivity contribution in [2.75, 3.05) is 6.54 Å².